The molecule has 0 aliphatic carbocycles. The van der Waals surface area contributed by atoms with Gasteiger partial charge in [0.15, 0.2) is 9.84 Å². The Balaban J connectivity index is 1.93. The molecule has 1 aromatic carbocycles. The van der Waals surface area contributed by atoms with Gasteiger partial charge in [-0.25, -0.2) is 30.3 Å². The van der Waals surface area contributed by atoms with Crippen molar-refractivity contribution in [1.29, 1.82) is 0 Å². The van der Waals surface area contributed by atoms with E-state index in [0.29, 0.717) is 12.1 Å². The van der Waals surface area contributed by atoms with E-state index < -0.39 is 48.2 Å². The molecule has 144 valence electrons. The molecule has 11 heteroatoms. The van der Waals surface area contributed by atoms with E-state index in [2.05, 4.69) is 0 Å². The molecule has 2 aromatic heterocycles. The Morgan fingerprint density at radius 2 is 1.85 bits per heavy atom. The van der Waals surface area contributed by atoms with Crippen LogP contribution >= 0.6 is 11.3 Å². The summed E-state index contributed by atoms with van der Waals surface area (Å²) in [6.07, 6.45) is 1.26. The first-order valence-corrected chi connectivity index (χ1v) is 11.4. The largest absolute Gasteiger partial charge is 0.468 e. The van der Waals surface area contributed by atoms with Gasteiger partial charge in [-0.15, -0.1) is 11.3 Å². The van der Waals surface area contributed by atoms with Gasteiger partial charge in [-0.1, -0.05) is 6.07 Å². The van der Waals surface area contributed by atoms with Crippen molar-refractivity contribution >= 4 is 31.2 Å². The fraction of sp³-hybridized carbons (Fsp3) is 0.125. The lowest BCUT2D eigenvalue weighted by Crippen LogP contribution is -2.32. The zero-order valence-electron chi connectivity index (χ0n) is 13.5. The molecule has 0 aliphatic heterocycles. The minimum Gasteiger partial charge on any atom is -0.468 e. The summed E-state index contributed by atoms with van der Waals surface area (Å²) in [5.41, 5.74) is 0. The molecule has 0 bridgehead atoms. The van der Waals surface area contributed by atoms with E-state index in [1.807, 2.05) is 4.72 Å². The third-order valence-electron chi connectivity index (χ3n) is 3.65. The summed E-state index contributed by atoms with van der Waals surface area (Å²) < 4.78 is 84.7. The zero-order valence-corrected chi connectivity index (χ0v) is 16.0. The molecule has 0 aliphatic rings. The molecule has 0 spiro atoms. The average Bonchev–Trinajstić information content (AvgIpc) is 3.30. The van der Waals surface area contributed by atoms with Gasteiger partial charge in [-0.3, -0.25) is 0 Å². The first kappa shape index (κ1) is 19.7. The molecular weight excluding hydrogens is 420 g/mol. The molecule has 0 saturated carbocycles. The normalized spacial score (nSPS) is 13.6. The van der Waals surface area contributed by atoms with Gasteiger partial charge in [-0.05, 0) is 41.8 Å². The fourth-order valence-corrected chi connectivity index (χ4v) is 6.38. The Hall–Kier alpha value is -2.08. The summed E-state index contributed by atoms with van der Waals surface area (Å²) in [6, 6.07) is 7.77. The van der Waals surface area contributed by atoms with Gasteiger partial charge in [0.25, 0.3) is 0 Å². The number of sulfone groups is 1. The number of hydrogen-bond acceptors (Lipinski definition) is 6. The number of sulfonamides is 1. The van der Waals surface area contributed by atoms with Crippen molar-refractivity contribution in [2.24, 2.45) is 0 Å². The van der Waals surface area contributed by atoms with E-state index in [1.165, 1.54) is 24.5 Å². The van der Waals surface area contributed by atoms with E-state index >= 15 is 0 Å². The van der Waals surface area contributed by atoms with Gasteiger partial charge in [-0.2, -0.15) is 0 Å². The Morgan fingerprint density at radius 1 is 1.07 bits per heavy atom. The summed E-state index contributed by atoms with van der Waals surface area (Å²) in [4.78, 5) is -0.908. The lowest BCUT2D eigenvalue weighted by atomic mass is 10.3. The zero-order chi connectivity index (χ0) is 19.7. The van der Waals surface area contributed by atoms with Crippen LogP contribution in [0.2, 0.25) is 0 Å². The van der Waals surface area contributed by atoms with Gasteiger partial charge in [0, 0.05) is 6.54 Å². The van der Waals surface area contributed by atoms with Gasteiger partial charge in [0.1, 0.15) is 31.7 Å². The van der Waals surface area contributed by atoms with Crippen LogP contribution < -0.4 is 4.72 Å². The van der Waals surface area contributed by atoms with Crippen molar-refractivity contribution in [3.63, 3.8) is 0 Å². The van der Waals surface area contributed by atoms with Crippen molar-refractivity contribution in [3.8, 4) is 0 Å². The first-order valence-electron chi connectivity index (χ1n) is 7.47. The minimum atomic E-state index is -4.50. The van der Waals surface area contributed by atoms with E-state index in [9.17, 15) is 25.6 Å². The summed E-state index contributed by atoms with van der Waals surface area (Å²) in [5.74, 6) is -2.07. The van der Waals surface area contributed by atoms with Gasteiger partial charge >= 0.3 is 0 Å². The van der Waals surface area contributed by atoms with E-state index in [4.69, 9.17) is 4.42 Å². The predicted octanol–water partition coefficient (Wildman–Crippen LogP) is 3.11. The second-order valence-electron chi connectivity index (χ2n) is 5.41. The first-order chi connectivity index (χ1) is 12.7. The maximum atomic E-state index is 13.8. The van der Waals surface area contributed by atoms with E-state index in [0.717, 1.165) is 17.4 Å². The Morgan fingerprint density at radius 3 is 2.48 bits per heavy atom. The summed E-state index contributed by atoms with van der Waals surface area (Å²) in [7, 11) is -8.47. The number of halogens is 2. The molecule has 3 aromatic rings. The standard InChI is InChI=1S/C16H13F2NO5S3/c17-11-5-6-12(18)14(9-11)27(22,23)19-10-15(13-3-1-7-24-13)26(20,21)16-4-2-8-25-16/h1-9,15,19H,10H2/t15-/m1/s1. The van der Waals surface area contributed by atoms with Crippen molar-refractivity contribution in [2.75, 3.05) is 6.54 Å². The molecule has 6 nitrogen and oxygen atoms in total. The number of furan rings is 1. The van der Waals surface area contributed by atoms with Crippen molar-refractivity contribution < 1.29 is 30.0 Å². The predicted molar refractivity (Wildman–Crippen MR) is 94.5 cm³/mol. The number of thiophene rings is 1. The molecule has 0 amide bonds. The number of benzene rings is 1. The van der Waals surface area contributed by atoms with Gasteiger partial charge in [0.05, 0.1) is 6.26 Å². The Bertz CT molecular complexity index is 1120. The average molecular weight is 433 g/mol. The van der Waals surface area contributed by atoms with Crippen LogP contribution in [0.15, 0.2) is 67.6 Å². The van der Waals surface area contributed by atoms with Crippen LogP contribution in [0.3, 0.4) is 0 Å². The highest BCUT2D eigenvalue weighted by atomic mass is 32.2. The van der Waals surface area contributed by atoms with E-state index in [-0.39, 0.29) is 9.97 Å². The van der Waals surface area contributed by atoms with Crippen LogP contribution in [0, 0.1) is 11.6 Å². The van der Waals surface area contributed by atoms with Crippen LogP contribution in [0.5, 0.6) is 0 Å². The highest BCUT2D eigenvalue weighted by Crippen LogP contribution is 2.31. The second kappa shape index (κ2) is 7.50. The van der Waals surface area contributed by atoms with E-state index in [1.54, 1.807) is 11.4 Å². The lowest BCUT2D eigenvalue weighted by Gasteiger charge is -2.16. The number of hydrogen-bond donors (Lipinski definition) is 1. The summed E-state index contributed by atoms with van der Waals surface area (Å²) >= 11 is 0.973. The molecule has 1 N–H and O–H groups in total. The summed E-state index contributed by atoms with van der Waals surface area (Å²) in [5, 5.41) is 0.191. The number of nitrogens with one attached hydrogen (secondary N) is 1. The maximum absolute atomic E-state index is 13.8. The molecular formula is C16H13F2NO5S3. The van der Waals surface area contributed by atoms with Crippen LogP contribution in [0.1, 0.15) is 11.0 Å². The highest BCUT2D eigenvalue weighted by molar-refractivity contribution is 7.93. The molecule has 0 fully saturated rings. The smallest absolute Gasteiger partial charge is 0.243 e. The van der Waals surface area contributed by atoms with Crippen molar-refractivity contribution in [3.05, 3.63) is 71.5 Å². The molecule has 1 atom stereocenters. The fourth-order valence-electron chi connectivity index (χ4n) is 2.35. The maximum Gasteiger partial charge on any atom is 0.243 e. The van der Waals surface area contributed by atoms with Gasteiger partial charge in [0.2, 0.25) is 10.0 Å². The topological polar surface area (TPSA) is 93.4 Å². The van der Waals surface area contributed by atoms with Crippen LogP contribution in [-0.4, -0.2) is 23.4 Å². The SMILES string of the molecule is O=S(=O)(NC[C@H](c1ccco1)S(=O)(=O)c1cccs1)c1cc(F)ccc1F. The minimum absolute atomic E-state index is 0.0193. The van der Waals surface area contributed by atoms with Crippen LogP contribution in [0.25, 0.3) is 0 Å². The third kappa shape index (κ3) is 4.10. The molecule has 2 heterocycles. The summed E-state index contributed by atoms with van der Waals surface area (Å²) in [6.45, 7) is -0.619. The Labute approximate surface area is 158 Å². The molecule has 0 unspecified atom stereocenters. The van der Waals surface area contributed by atoms with Crippen molar-refractivity contribution in [2.45, 2.75) is 14.4 Å². The van der Waals surface area contributed by atoms with Crippen LogP contribution in [0.4, 0.5) is 8.78 Å². The lowest BCUT2D eigenvalue weighted by molar-refractivity contribution is 0.486. The molecule has 27 heavy (non-hydrogen) atoms. The molecule has 0 saturated heterocycles. The Kier molecular flexibility index (Phi) is 5.47. The van der Waals surface area contributed by atoms with Gasteiger partial charge < -0.3 is 4.42 Å². The quantitative estimate of drug-likeness (QED) is 0.618. The second-order valence-corrected chi connectivity index (χ2v) is 10.4. The number of rotatable bonds is 7. The van der Waals surface area contributed by atoms with Crippen LogP contribution in [-0.2, 0) is 19.9 Å². The van der Waals surface area contributed by atoms with Crippen molar-refractivity contribution in [1.82, 2.24) is 4.72 Å². The monoisotopic (exact) mass is 433 g/mol. The molecule has 3 rings (SSSR count). The highest BCUT2D eigenvalue weighted by Gasteiger charge is 2.34. The molecule has 0 radical (unpaired) electrons. The third-order valence-corrected chi connectivity index (χ3v) is 8.58.